The zero-order valence-electron chi connectivity index (χ0n) is 12.3. The van der Waals surface area contributed by atoms with Crippen LogP contribution in [0.1, 0.15) is 6.42 Å². The van der Waals surface area contributed by atoms with Gasteiger partial charge in [0.15, 0.2) is 11.5 Å². The molecule has 6 nitrogen and oxygen atoms in total. The highest BCUT2D eigenvalue weighted by Gasteiger charge is 2.38. The molecule has 2 unspecified atom stereocenters. The summed E-state index contributed by atoms with van der Waals surface area (Å²) in [6, 6.07) is 4.88. The first kappa shape index (κ1) is 14.3. The fourth-order valence-electron chi connectivity index (χ4n) is 3.55. The van der Waals surface area contributed by atoms with Crippen molar-refractivity contribution in [2.45, 2.75) is 11.3 Å². The molecule has 7 heteroatoms. The quantitative estimate of drug-likeness (QED) is 0.867. The van der Waals surface area contributed by atoms with Gasteiger partial charge in [-0.15, -0.1) is 0 Å². The largest absolute Gasteiger partial charge is 0.486 e. The summed E-state index contributed by atoms with van der Waals surface area (Å²) in [6.07, 6.45) is 0.932. The van der Waals surface area contributed by atoms with E-state index in [1.807, 2.05) is 0 Å². The lowest BCUT2D eigenvalue weighted by Gasteiger charge is -2.33. The Morgan fingerprint density at radius 2 is 1.86 bits per heavy atom. The first-order valence-corrected chi connectivity index (χ1v) is 9.19. The van der Waals surface area contributed by atoms with Gasteiger partial charge in [-0.05, 0) is 43.5 Å². The molecule has 1 aromatic rings. The van der Waals surface area contributed by atoms with Gasteiger partial charge in [-0.1, -0.05) is 0 Å². The Balaban J connectivity index is 1.60. The number of piperidine rings is 1. The zero-order valence-corrected chi connectivity index (χ0v) is 13.1. The lowest BCUT2D eigenvalue weighted by Crippen LogP contribution is -2.43. The van der Waals surface area contributed by atoms with Crippen LogP contribution in [0.25, 0.3) is 0 Å². The van der Waals surface area contributed by atoms with Crippen molar-refractivity contribution < 1.29 is 17.9 Å². The first-order valence-electron chi connectivity index (χ1n) is 7.75. The van der Waals surface area contributed by atoms with Gasteiger partial charge in [0.05, 0.1) is 4.90 Å². The number of hydrogen-bond donors (Lipinski definition) is 1. The topological polar surface area (TPSA) is 67.9 Å². The number of hydrogen-bond acceptors (Lipinski definition) is 5. The second-order valence-corrected chi connectivity index (χ2v) is 8.07. The minimum absolute atomic E-state index is 0.293. The second-order valence-electron chi connectivity index (χ2n) is 6.14. The van der Waals surface area contributed by atoms with Crippen molar-refractivity contribution in [2.75, 3.05) is 39.4 Å². The molecule has 4 rings (SSSR count). The van der Waals surface area contributed by atoms with E-state index >= 15 is 0 Å². The van der Waals surface area contributed by atoms with E-state index in [2.05, 4.69) is 5.32 Å². The van der Waals surface area contributed by atoms with Crippen LogP contribution in [0.3, 0.4) is 0 Å². The molecule has 3 heterocycles. The van der Waals surface area contributed by atoms with Gasteiger partial charge in [-0.3, -0.25) is 0 Å². The van der Waals surface area contributed by atoms with E-state index in [9.17, 15) is 8.42 Å². The van der Waals surface area contributed by atoms with Crippen molar-refractivity contribution in [1.29, 1.82) is 0 Å². The Bertz CT molecular complexity index is 676. The number of sulfonamides is 1. The molecule has 3 aliphatic rings. The van der Waals surface area contributed by atoms with E-state index in [4.69, 9.17) is 9.47 Å². The van der Waals surface area contributed by atoms with Gasteiger partial charge < -0.3 is 14.8 Å². The molecule has 120 valence electrons. The molecule has 0 saturated carbocycles. The first-order chi connectivity index (χ1) is 10.6. The highest BCUT2D eigenvalue weighted by molar-refractivity contribution is 7.89. The predicted molar refractivity (Wildman–Crippen MR) is 80.7 cm³/mol. The average molecular weight is 324 g/mol. The van der Waals surface area contributed by atoms with Crippen molar-refractivity contribution in [2.24, 2.45) is 11.8 Å². The van der Waals surface area contributed by atoms with Crippen LogP contribution in [0.4, 0.5) is 0 Å². The van der Waals surface area contributed by atoms with Crippen LogP contribution in [-0.4, -0.2) is 52.1 Å². The summed E-state index contributed by atoms with van der Waals surface area (Å²) in [5, 5.41) is 3.36. The third-order valence-corrected chi connectivity index (χ3v) is 6.68. The van der Waals surface area contributed by atoms with Crippen LogP contribution in [0.2, 0.25) is 0 Å². The van der Waals surface area contributed by atoms with Gasteiger partial charge in [0.2, 0.25) is 10.0 Å². The fourth-order valence-corrected chi connectivity index (χ4v) is 5.08. The highest BCUT2D eigenvalue weighted by Crippen LogP contribution is 2.35. The molecular formula is C15H20N2O4S. The van der Waals surface area contributed by atoms with Crippen molar-refractivity contribution in [1.82, 2.24) is 9.62 Å². The Morgan fingerprint density at radius 1 is 1.09 bits per heavy atom. The van der Waals surface area contributed by atoms with Crippen LogP contribution in [0, 0.1) is 11.8 Å². The summed E-state index contributed by atoms with van der Waals surface area (Å²) in [5.74, 6) is 2.18. The molecular weight excluding hydrogens is 304 g/mol. The van der Waals surface area contributed by atoms with Gasteiger partial charge in [0.1, 0.15) is 13.2 Å². The SMILES string of the molecule is O=S(=O)(c1ccc2c(c1)OCCO2)N1CCC2CNCC2C1. The minimum atomic E-state index is -3.46. The van der Waals surface area contributed by atoms with Gasteiger partial charge in [0.25, 0.3) is 0 Å². The Hall–Kier alpha value is -1.31. The van der Waals surface area contributed by atoms with E-state index in [0.717, 1.165) is 19.5 Å². The van der Waals surface area contributed by atoms with Crippen LogP contribution < -0.4 is 14.8 Å². The molecule has 3 aliphatic heterocycles. The normalized spacial score (nSPS) is 28.4. The predicted octanol–water partition coefficient (Wildman–Crippen LogP) is 0.688. The molecule has 1 N–H and O–H groups in total. The van der Waals surface area contributed by atoms with E-state index in [-0.39, 0.29) is 0 Å². The monoisotopic (exact) mass is 324 g/mol. The summed E-state index contributed by atoms with van der Waals surface area (Å²) >= 11 is 0. The molecule has 0 aromatic heterocycles. The third kappa shape index (κ3) is 2.37. The molecule has 0 aliphatic carbocycles. The van der Waals surface area contributed by atoms with Crippen LogP contribution in [0.5, 0.6) is 11.5 Å². The summed E-state index contributed by atoms with van der Waals surface area (Å²) in [4.78, 5) is 0.293. The Morgan fingerprint density at radius 3 is 2.73 bits per heavy atom. The maximum absolute atomic E-state index is 12.9. The molecule has 22 heavy (non-hydrogen) atoms. The zero-order chi connectivity index (χ0) is 15.2. The lowest BCUT2D eigenvalue weighted by molar-refractivity contribution is 0.171. The fraction of sp³-hybridized carbons (Fsp3) is 0.600. The summed E-state index contributed by atoms with van der Waals surface area (Å²) < 4.78 is 38.3. The number of nitrogens with one attached hydrogen (secondary N) is 1. The number of ether oxygens (including phenoxy) is 2. The van der Waals surface area contributed by atoms with Crippen LogP contribution >= 0.6 is 0 Å². The van der Waals surface area contributed by atoms with E-state index in [1.165, 1.54) is 0 Å². The van der Waals surface area contributed by atoms with Crippen molar-refractivity contribution >= 4 is 10.0 Å². The van der Waals surface area contributed by atoms with Crippen molar-refractivity contribution in [3.05, 3.63) is 18.2 Å². The maximum atomic E-state index is 12.9. The Labute approximate surface area is 130 Å². The second kappa shape index (κ2) is 5.40. The van der Waals surface area contributed by atoms with Crippen molar-refractivity contribution in [3.8, 4) is 11.5 Å². The number of fused-ring (bicyclic) bond motifs is 2. The standard InChI is InChI=1S/C15H20N2O4S/c18-22(19,17-4-3-11-8-16-9-12(11)10-17)13-1-2-14-15(7-13)21-6-5-20-14/h1-2,7,11-12,16H,3-6,8-10H2. The number of nitrogens with zero attached hydrogens (tertiary/aromatic N) is 1. The van der Waals surface area contributed by atoms with E-state index in [1.54, 1.807) is 22.5 Å². The number of benzene rings is 1. The van der Waals surface area contributed by atoms with Gasteiger partial charge in [0, 0.05) is 19.2 Å². The summed E-state index contributed by atoms with van der Waals surface area (Å²) in [5.41, 5.74) is 0. The average Bonchev–Trinajstić information content (AvgIpc) is 3.02. The molecule has 0 bridgehead atoms. The van der Waals surface area contributed by atoms with Gasteiger partial charge in [-0.25, -0.2) is 8.42 Å². The lowest BCUT2D eigenvalue weighted by atomic mass is 9.90. The van der Waals surface area contributed by atoms with E-state index in [0.29, 0.717) is 54.5 Å². The smallest absolute Gasteiger partial charge is 0.243 e. The van der Waals surface area contributed by atoms with Crippen LogP contribution in [0.15, 0.2) is 23.1 Å². The minimum Gasteiger partial charge on any atom is -0.486 e. The molecule has 0 spiro atoms. The highest BCUT2D eigenvalue weighted by atomic mass is 32.2. The Kier molecular flexibility index (Phi) is 3.51. The van der Waals surface area contributed by atoms with Crippen molar-refractivity contribution in [3.63, 3.8) is 0 Å². The molecule has 2 fully saturated rings. The molecule has 2 saturated heterocycles. The summed E-state index contributed by atoms with van der Waals surface area (Å²) in [6.45, 7) is 4.09. The molecule has 1 aromatic carbocycles. The maximum Gasteiger partial charge on any atom is 0.243 e. The van der Waals surface area contributed by atoms with Gasteiger partial charge in [-0.2, -0.15) is 4.31 Å². The summed E-state index contributed by atoms with van der Waals surface area (Å²) in [7, 11) is -3.46. The third-order valence-electron chi connectivity index (χ3n) is 4.82. The van der Waals surface area contributed by atoms with Gasteiger partial charge >= 0.3 is 0 Å². The molecule has 2 atom stereocenters. The molecule has 0 radical (unpaired) electrons. The van der Waals surface area contributed by atoms with E-state index < -0.39 is 10.0 Å². The number of rotatable bonds is 2. The molecule has 0 amide bonds. The van der Waals surface area contributed by atoms with Crippen LogP contribution in [-0.2, 0) is 10.0 Å².